The van der Waals surface area contributed by atoms with E-state index >= 15 is 17.6 Å². The predicted molar refractivity (Wildman–Crippen MR) is 214 cm³/mol. The van der Waals surface area contributed by atoms with Gasteiger partial charge in [0.1, 0.15) is 11.4 Å². The van der Waals surface area contributed by atoms with Crippen molar-refractivity contribution >= 4 is 65.0 Å². The van der Waals surface area contributed by atoms with Gasteiger partial charge in [-0.25, -0.2) is 22.1 Å². The molecule has 7 rings (SSSR count). The second-order valence-electron chi connectivity index (χ2n) is 14.8. The summed E-state index contributed by atoms with van der Waals surface area (Å²) < 4.78 is 167. The van der Waals surface area contributed by atoms with Gasteiger partial charge in [0.05, 0.1) is 26.0 Å². The molecule has 0 atom stereocenters. The first-order valence-corrected chi connectivity index (χ1v) is 23.3. The molecule has 0 bridgehead atoms. The number of rotatable bonds is 11. The van der Waals surface area contributed by atoms with Gasteiger partial charge in [0.2, 0.25) is 5.36 Å². The lowest BCUT2D eigenvalue weighted by molar-refractivity contribution is -0.133. The monoisotopic (exact) mass is 921 g/mol. The van der Waals surface area contributed by atoms with Crippen molar-refractivity contribution in [2.45, 2.75) is 58.2 Å². The van der Waals surface area contributed by atoms with Crippen LogP contribution in [0.4, 0.5) is 28.9 Å². The zero-order chi connectivity index (χ0) is 44.6. The minimum atomic E-state index is -5.02. The number of hydrogen-bond donors (Lipinski definition) is 5. The Labute approximate surface area is 350 Å². The Morgan fingerprint density at radius 1 is 0.754 bits per heavy atom. The average Bonchev–Trinajstić information content (AvgIpc) is 3.17. The van der Waals surface area contributed by atoms with Gasteiger partial charge >= 0.3 is 5.97 Å². The Morgan fingerprint density at radius 2 is 1.36 bits per heavy atom. The molecule has 0 spiro atoms. The topological polar surface area (TPSA) is 215 Å². The van der Waals surface area contributed by atoms with Crippen LogP contribution in [0.3, 0.4) is 0 Å². The lowest BCUT2D eigenvalue weighted by Crippen LogP contribution is -2.43. The number of hydrogen-bond acceptors (Lipinski definition) is 9. The van der Waals surface area contributed by atoms with E-state index in [1.807, 2.05) is 0 Å². The Bertz CT molecular complexity index is 3170. The number of halogens is 4. The lowest BCUT2D eigenvalue weighted by atomic mass is 9.68. The van der Waals surface area contributed by atoms with Crippen LogP contribution in [0.15, 0.2) is 92.4 Å². The fraction of sp³-hybridized carbons (Fsp3) is 0.200. The number of aryl methyl sites for hydroxylation is 1. The van der Waals surface area contributed by atoms with E-state index in [1.165, 1.54) is 24.3 Å². The van der Waals surface area contributed by atoms with Crippen molar-refractivity contribution in [2.75, 3.05) is 17.6 Å². The van der Waals surface area contributed by atoms with Crippen molar-refractivity contribution in [1.82, 2.24) is 4.58 Å². The maximum absolute atomic E-state index is 16.4. The SMILES string of the molecule is CC1(C)c2cc(Nc3ccc(S(=O)(=O)O)cc3)ccc2C(c2c(F)c(F)c(SCC(=O)O)c(F)c2F)=c2cc3c(cc21)=[N+](Cc1ccc(S(=O)(=O)O)cc1S(=O)(=O)O)CCC3. The van der Waals surface area contributed by atoms with Crippen molar-refractivity contribution < 1.29 is 66.4 Å². The van der Waals surface area contributed by atoms with Gasteiger partial charge in [-0.05, 0) is 89.0 Å². The molecule has 0 unspecified atom stereocenters. The van der Waals surface area contributed by atoms with Gasteiger partial charge in [-0.2, -0.15) is 25.3 Å². The van der Waals surface area contributed by atoms with E-state index in [1.54, 1.807) is 36.6 Å². The van der Waals surface area contributed by atoms with E-state index in [-0.39, 0.29) is 45.1 Å². The smallest absolute Gasteiger partial charge is 0.313 e. The summed E-state index contributed by atoms with van der Waals surface area (Å²) in [6.07, 6.45) is 0.831. The molecule has 0 aromatic heterocycles. The highest BCUT2D eigenvalue weighted by molar-refractivity contribution is 8.00. The van der Waals surface area contributed by atoms with Crippen LogP contribution in [0.1, 0.15) is 53.6 Å². The van der Waals surface area contributed by atoms with Crippen molar-refractivity contribution in [1.29, 1.82) is 0 Å². The van der Waals surface area contributed by atoms with Gasteiger partial charge in [-0.1, -0.05) is 19.9 Å². The third-order valence-corrected chi connectivity index (χ3v) is 14.3. The predicted octanol–water partition coefficient (Wildman–Crippen LogP) is 5.43. The van der Waals surface area contributed by atoms with E-state index in [0.29, 0.717) is 58.9 Å². The Kier molecular flexibility index (Phi) is 11.3. The van der Waals surface area contributed by atoms with E-state index in [4.69, 9.17) is 5.11 Å². The van der Waals surface area contributed by atoms with Gasteiger partial charge in [0.25, 0.3) is 30.4 Å². The quantitative estimate of drug-likeness (QED) is 0.0368. The minimum absolute atomic E-state index is 0.0337. The summed E-state index contributed by atoms with van der Waals surface area (Å²) in [6, 6.07) is 15.8. The Morgan fingerprint density at radius 3 is 1.95 bits per heavy atom. The van der Waals surface area contributed by atoms with Crippen molar-refractivity contribution in [3.63, 3.8) is 0 Å². The first-order valence-electron chi connectivity index (χ1n) is 18.0. The summed E-state index contributed by atoms with van der Waals surface area (Å²) in [5.74, 6) is -9.52. The molecular weight excluding hydrogens is 889 g/mol. The highest BCUT2D eigenvalue weighted by Crippen LogP contribution is 2.44. The van der Waals surface area contributed by atoms with Gasteiger partial charge in [-0.3, -0.25) is 18.5 Å². The largest absolute Gasteiger partial charge is 0.481 e. The van der Waals surface area contributed by atoms with Gasteiger partial charge in [0, 0.05) is 46.0 Å². The molecule has 21 heteroatoms. The molecule has 0 saturated carbocycles. The molecule has 5 aromatic carbocycles. The van der Waals surface area contributed by atoms with Crippen molar-refractivity contribution in [3.8, 4) is 0 Å². The molecule has 0 fully saturated rings. The number of nitrogens with zero attached hydrogens (tertiary/aromatic N) is 1. The molecule has 2 aliphatic rings. The van der Waals surface area contributed by atoms with Crippen molar-refractivity contribution in [2.24, 2.45) is 0 Å². The summed E-state index contributed by atoms with van der Waals surface area (Å²) in [6.45, 7) is 3.68. The summed E-state index contributed by atoms with van der Waals surface area (Å²) in [5, 5.41) is 12.9. The second kappa shape index (κ2) is 15.6. The number of nitrogens with one attached hydrogen (secondary N) is 1. The van der Waals surface area contributed by atoms with E-state index in [0.717, 1.165) is 24.3 Å². The molecule has 61 heavy (non-hydrogen) atoms. The maximum atomic E-state index is 16.4. The summed E-state index contributed by atoms with van der Waals surface area (Å²) >= 11 is 0.0699. The summed E-state index contributed by atoms with van der Waals surface area (Å²) in [7, 11) is -14.4. The van der Waals surface area contributed by atoms with Crippen LogP contribution in [0.2, 0.25) is 0 Å². The first-order chi connectivity index (χ1) is 28.4. The van der Waals surface area contributed by atoms with Crippen LogP contribution in [0.5, 0.6) is 0 Å². The van der Waals surface area contributed by atoms with Crippen LogP contribution in [0.25, 0.3) is 5.57 Å². The molecule has 13 nitrogen and oxygen atoms in total. The minimum Gasteiger partial charge on any atom is -0.481 e. The molecule has 5 N–H and O–H groups in total. The fourth-order valence-corrected chi connectivity index (χ4v) is 10.3. The third kappa shape index (κ3) is 8.30. The lowest BCUT2D eigenvalue weighted by Gasteiger charge is -2.35. The molecule has 0 saturated heterocycles. The van der Waals surface area contributed by atoms with Gasteiger partial charge < -0.3 is 10.4 Å². The third-order valence-electron chi connectivity index (χ3n) is 10.6. The zero-order valence-corrected chi connectivity index (χ0v) is 35.0. The number of carboxylic acids is 1. The van der Waals surface area contributed by atoms with E-state index in [2.05, 4.69) is 5.32 Å². The number of benzene rings is 5. The molecular formula is C40H33F4N2O11S4+. The zero-order valence-electron chi connectivity index (χ0n) is 31.7. The van der Waals surface area contributed by atoms with Crippen LogP contribution < -0.4 is 20.5 Å². The van der Waals surface area contributed by atoms with E-state index in [9.17, 15) is 43.7 Å². The van der Waals surface area contributed by atoms with Gasteiger partial charge in [-0.15, -0.1) is 11.8 Å². The van der Waals surface area contributed by atoms with Crippen LogP contribution in [0, 0.1) is 23.3 Å². The second-order valence-corrected chi connectivity index (χ2v) is 20.0. The molecule has 1 aliphatic carbocycles. The fourth-order valence-electron chi connectivity index (χ4n) is 7.75. The number of anilines is 2. The summed E-state index contributed by atoms with van der Waals surface area (Å²) in [4.78, 5) is 8.13. The highest BCUT2D eigenvalue weighted by atomic mass is 32.2. The molecule has 1 heterocycles. The number of fused-ring (bicyclic) bond motifs is 3. The molecule has 0 radical (unpaired) electrons. The molecule has 320 valence electrons. The van der Waals surface area contributed by atoms with Crippen LogP contribution in [-0.4, -0.2) is 62.3 Å². The highest BCUT2D eigenvalue weighted by Gasteiger charge is 2.39. The Balaban J connectivity index is 1.50. The maximum Gasteiger partial charge on any atom is 0.313 e. The number of carbonyl (C=O) groups is 1. The normalized spacial score (nSPS) is 14.9. The number of thioether (sulfide) groups is 1. The van der Waals surface area contributed by atoms with Crippen LogP contribution >= 0.6 is 11.8 Å². The standard InChI is InChI=1S/C40H32F4N2O11S4/c1-40(2)28-15-23(45-22-6-10-24(11-7-22)59(49,50)51)8-12-26(28)33(34-35(41)37(43)39(38(44)36(34)42)58-19-32(47)48)27-14-20-4-3-13-46(30(20)17-29(27)40)18-21-5-9-25(60(52,53)54)16-31(21)61(55,56)57/h5-12,14-17H,3-4,13,18-19H2,1-2H3,(H4,47,48,49,50,51,52,53,54,55,56,57)/p+1. The van der Waals surface area contributed by atoms with Crippen molar-refractivity contribution in [3.05, 3.63) is 140 Å². The number of aliphatic carboxylic acids is 1. The number of carboxylic acid groups (broad SMARTS) is 1. The average molecular weight is 922 g/mol. The molecule has 0 amide bonds. The van der Waals surface area contributed by atoms with Crippen LogP contribution in [-0.2, 0) is 53.5 Å². The molecule has 5 aromatic rings. The Hall–Kier alpha value is -5.16. The first kappa shape index (κ1) is 43.9. The van der Waals surface area contributed by atoms with E-state index < -0.39 is 91.0 Å². The summed E-state index contributed by atoms with van der Waals surface area (Å²) in [5.41, 5.74) is -0.0813. The molecule has 1 aliphatic heterocycles. The van der Waals surface area contributed by atoms with Gasteiger partial charge in [0.15, 0.2) is 29.8 Å².